The van der Waals surface area contributed by atoms with Crippen molar-refractivity contribution in [3.63, 3.8) is 0 Å². The van der Waals surface area contributed by atoms with Crippen LogP contribution in [0.1, 0.15) is 29.6 Å². The molecule has 0 unspecified atom stereocenters. The summed E-state index contributed by atoms with van der Waals surface area (Å²) in [6.45, 7) is 0.893. The lowest BCUT2D eigenvalue weighted by Gasteiger charge is -2.45. The highest BCUT2D eigenvalue weighted by molar-refractivity contribution is 6.00. The summed E-state index contributed by atoms with van der Waals surface area (Å²) in [7, 11) is 5.48. The monoisotopic (exact) mass is 359 g/mol. The number of anilines is 1. The molecule has 0 bridgehead atoms. The van der Waals surface area contributed by atoms with Crippen LogP contribution in [0.15, 0.2) is 24.3 Å². The van der Waals surface area contributed by atoms with E-state index in [4.69, 9.17) is 0 Å². The number of amides is 2. The Balaban J connectivity index is 1.79. The molecule has 1 N–H and O–H groups in total. The third kappa shape index (κ3) is 2.81. The predicted molar refractivity (Wildman–Crippen MR) is 97.2 cm³/mol. The van der Waals surface area contributed by atoms with Gasteiger partial charge in [0.25, 0.3) is 5.91 Å². The van der Waals surface area contributed by atoms with Crippen molar-refractivity contribution in [3.8, 4) is 0 Å². The summed E-state index contributed by atoms with van der Waals surface area (Å²) >= 11 is 0. The maximum atomic E-state index is 13.0. The number of nitrogens with zero attached hydrogens (tertiary/aromatic N) is 3. The van der Waals surface area contributed by atoms with Crippen molar-refractivity contribution < 1.29 is 19.5 Å². The average Bonchev–Trinajstić information content (AvgIpc) is 2.87. The molecule has 0 radical (unpaired) electrons. The van der Waals surface area contributed by atoms with Gasteiger partial charge in [0.05, 0.1) is 17.0 Å². The van der Waals surface area contributed by atoms with Crippen LogP contribution in [-0.2, 0) is 9.59 Å². The number of rotatable bonds is 3. The summed E-state index contributed by atoms with van der Waals surface area (Å²) in [4.78, 5) is 42.0. The lowest BCUT2D eigenvalue weighted by atomic mass is 9.77. The van der Waals surface area contributed by atoms with Gasteiger partial charge in [0.1, 0.15) is 0 Å². The summed E-state index contributed by atoms with van der Waals surface area (Å²) in [6, 6.07) is 7.46. The zero-order valence-electron chi connectivity index (χ0n) is 15.4. The Morgan fingerprint density at radius 2 is 1.81 bits per heavy atom. The average molecular weight is 359 g/mol. The molecule has 1 atom stereocenters. The topological polar surface area (TPSA) is 81.2 Å². The van der Waals surface area contributed by atoms with Crippen LogP contribution in [0.25, 0.3) is 0 Å². The molecule has 2 saturated heterocycles. The molecule has 2 aliphatic heterocycles. The minimum absolute atomic E-state index is 0.0449. The molecule has 26 heavy (non-hydrogen) atoms. The summed E-state index contributed by atoms with van der Waals surface area (Å²) in [5.74, 6) is -1.81. The first-order chi connectivity index (χ1) is 12.3. The van der Waals surface area contributed by atoms with Crippen LogP contribution in [0.2, 0.25) is 0 Å². The van der Waals surface area contributed by atoms with E-state index in [0.717, 1.165) is 5.69 Å². The molecule has 140 valence electrons. The molecule has 3 rings (SSSR count). The number of hydrogen-bond donors (Lipinski definition) is 1. The highest BCUT2D eigenvalue weighted by Gasteiger charge is 2.55. The third-order valence-electron chi connectivity index (χ3n) is 5.90. The number of piperidine rings is 1. The fourth-order valence-corrected chi connectivity index (χ4v) is 4.30. The second-order valence-electron chi connectivity index (χ2n) is 7.36. The van der Waals surface area contributed by atoms with Crippen molar-refractivity contribution in [2.45, 2.75) is 24.8 Å². The highest BCUT2D eigenvalue weighted by Crippen LogP contribution is 2.43. The minimum atomic E-state index is -0.930. The fraction of sp³-hybridized carbons (Fsp3) is 0.526. The molecule has 0 saturated carbocycles. The Kier molecular flexibility index (Phi) is 4.64. The molecule has 7 nitrogen and oxygen atoms in total. The van der Waals surface area contributed by atoms with E-state index < -0.39 is 17.4 Å². The van der Waals surface area contributed by atoms with Crippen molar-refractivity contribution in [2.75, 3.05) is 39.1 Å². The van der Waals surface area contributed by atoms with E-state index >= 15 is 0 Å². The van der Waals surface area contributed by atoms with Gasteiger partial charge in [-0.25, -0.2) is 0 Å². The van der Waals surface area contributed by atoms with Gasteiger partial charge in [-0.05, 0) is 25.0 Å². The van der Waals surface area contributed by atoms with E-state index in [1.54, 1.807) is 16.8 Å². The van der Waals surface area contributed by atoms with Crippen molar-refractivity contribution in [1.82, 2.24) is 9.80 Å². The van der Waals surface area contributed by atoms with Gasteiger partial charge in [-0.1, -0.05) is 12.1 Å². The van der Waals surface area contributed by atoms with Crippen LogP contribution in [0.4, 0.5) is 5.69 Å². The number of carboxylic acids is 1. The van der Waals surface area contributed by atoms with Crippen molar-refractivity contribution >= 4 is 23.5 Å². The molecule has 0 aromatic heterocycles. The lowest BCUT2D eigenvalue weighted by molar-refractivity contribution is -0.145. The SMILES string of the molecule is CN(C)c1ccccc1C(=O)N1CCC2(CC1)[C@@H](C(=O)O)CC(=O)N2C. The molecule has 1 spiro atoms. The number of para-hydroxylation sites is 1. The standard InChI is InChI=1S/C19H25N3O4/c1-20(2)15-7-5-4-6-13(15)17(24)22-10-8-19(9-11-22)14(18(25)26)12-16(23)21(19)3/h4-7,14H,8-12H2,1-3H3,(H,25,26)/t14-/m1/s1. The highest BCUT2D eigenvalue weighted by atomic mass is 16.4. The predicted octanol–water partition coefficient (Wildman–Crippen LogP) is 1.29. The van der Waals surface area contributed by atoms with E-state index in [2.05, 4.69) is 0 Å². The maximum Gasteiger partial charge on any atom is 0.309 e. The molecule has 1 aromatic carbocycles. The molecule has 1 aromatic rings. The molecule has 2 fully saturated rings. The number of hydrogen-bond acceptors (Lipinski definition) is 4. The van der Waals surface area contributed by atoms with Gasteiger partial charge in [-0.3, -0.25) is 14.4 Å². The first-order valence-electron chi connectivity index (χ1n) is 8.83. The fourth-order valence-electron chi connectivity index (χ4n) is 4.30. The molecule has 0 aliphatic carbocycles. The van der Waals surface area contributed by atoms with Crippen LogP contribution < -0.4 is 4.90 Å². The van der Waals surface area contributed by atoms with E-state index in [-0.39, 0.29) is 18.2 Å². The number of carbonyl (C=O) groups is 3. The Labute approximate surface area is 153 Å². The van der Waals surface area contributed by atoms with E-state index in [1.807, 2.05) is 43.3 Å². The van der Waals surface area contributed by atoms with Crippen LogP contribution in [0, 0.1) is 5.92 Å². The molecule has 2 amide bonds. The van der Waals surface area contributed by atoms with Gasteiger partial charge >= 0.3 is 5.97 Å². The van der Waals surface area contributed by atoms with Crippen molar-refractivity contribution in [1.29, 1.82) is 0 Å². The second-order valence-corrected chi connectivity index (χ2v) is 7.36. The van der Waals surface area contributed by atoms with E-state index in [9.17, 15) is 19.5 Å². The summed E-state index contributed by atoms with van der Waals surface area (Å²) in [6.07, 6.45) is 1.02. The Bertz CT molecular complexity index is 738. The van der Waals surface area contributed by atoms with Crippen molar-refractivity contribution in [3.05, 3.63) is 29.8 Å². The third-order valence-corrected chi connectivity index (χ3v) is 5.90. The smallest absolute Gasteiger partial charge is 0.309 e. The van der Waals surface area contributed by atoms with Gasteiger partial charge in [0.15, 0.2) is 0 Å². The quantitative estimate of drug-likeness (QED) is 0.880. The first kappa shape index (κ1) is 18.2. The maximum absolute atomic E-state index is 13.0. The zero-order chi connectivity index (χ0) is 19.1. The zero-order valence-corrected chi connectivity index (χ0v) is 15.4. The van der Waals surface area contributed by atoms with Gasteiger partial charge in [-0.2, -0.15) is 0 Å². The van der Waals surface area contributed by atoms with Crippen LogP contribution in [-0.4, -0.2) is 72.5 Å². The van der Waals surface area contributed by atoms with E-state index in [1.165, 1.54) is 0 Å². The van der Waals surface area contributed by atoms with Gasteiger partial charge in [0, 0.05) is 46.3 Å². The Morgan fingerprint density at radius 1 is 1.19 bits per heavy atom. The number of benzene rings is 1. The summed E-state index contributed by atoms with van der Waals surface area (Å²) < 4.78 is 0. The minimum Gasteiger partial charge on any atom is -0.481 e. The molecular formula is C19H25N3O4. The molecule has 2 aliphatic rings. The molecule has 7 heteroatoms. The first-order valence-corrected chi connectivity index (χ1v) is 8.83. The van der Waals surface area contributed by atoms with Crippen LogP contribution in [0.5, 0.6) is 0 Å². The Hall–Kier alpha value is -2.57. The second kappa shape index (κ2) is 6.63. The Morgan fingerprint density at radius 3 is 2.38 bits per heavy atom. The number of likely N-dealkylation sites (tertiary alicyclic amines) is 2. The molecular weight excluding hydrogens is 334 g/mol. The lowest BCUT2D eigenvalue weighted by Crippen LogP contribution is -2.57. The van der Waals surface area contributed by atoms with Gasteiger partial charge < -0.3 is 19.8 Å². The normalized spacial score (nSPS) is 22.0. The number of carboxylic acid groups (broad SMARTS) is 1. The van der Waals surface area contributed by atoms with Crippen LogP contribution >= 0.6 is 0 Å². The van der Waals surface area contributed by atoms with E-state index in [0.29, 0.717) is 31.5 Å². The summed E-state index contributed by atoms with van der Waals surface area (Å²) in [5.41, 5.74) is 0.814. The largest absolute Gasteiger partial charge is 0.481 e. The number of aliphatic carboxylic acids is 1. The van der Waals surface area contributed by atoms with Crippen molar-refractivity contribution in [2.24, 2.45) is 5.92 Å². The summed E-state index contributed by atoms with van der Waals surface area (Å²) in [5, 5.41) is 9.55. The van der Waals surface area contributed by atoms with Gasteiger partial charge in [0.2, 0.25) is 5.91 Å². The number of carbonyl (C=O) groups excluding carboxylic acids is 2. The molecule has 2 heterocycles. The van der Waals surface area contributed by atoms with Gasteiger partial charge in [-0.15, -0.1) is 0 Å². The van der Waals surface area contributed by atoms with Crippen LogP contribution in [0.3, 0.4) is 0 Å².